The van der Waals surface area contributed by atoms with Crippen LogP contribution in [0.25, 0.3) is 11.0 Å². The summed E-state index contributed by atoms with van der Waals surface area (Å²) in [4.78, 5) is 23.6. The third-order valence-electron chi connectivity index (χ3n) is 3.36. The molecule has 0 aliphatic heterocycles. The molecule has 1 N–H and O–H groups in total. The number of nitrogens with one attached hydrogen (secondary N) is 1. The van der Waals surface area contributed by atoms with Crippen LogP contribution in [0.2, 0.25) is 0 Å². The molecular formula is C17H11F2NO4. The lowest BCUT2D eigenvalue weighted by atomic mass is 10.1. The van der Waals surface area contributed by atoms with Crippen molar-refractivity contribution in [3.8, 4) is 0 Å². The van der Waals surface area contributed by atoms with Crippen molar-refractivity contribution in [3.05, 3.63) is 65.4 Å². The summed E-state index contributed by atoms with van der Waals surface area (Å²) in [6.45, 7) is 0. The van der Waals surface area contributed by atoms with Crippen LogP contribution in [0.5, 0.6) is 0 Å². The molecule has 7 heteroatoms. The fraction of sp³-hybridized carbons (Fsp3) is 0.0588. The van der Waals surface area contributed by atoms with E-state index >= 15 is 0 Å². The van der Waals surface area contributed by atoms with Gasteiger partial charge in [-0.2, -0.15) is 0 Å². The summed E-state index contributed by atoms with van der Waals surface area (Å²) in [6.07, 6.45) is 0. The van der Waals surface area contributed by atoms with E-state index in [2.05, 4.69) is 10.1 Å². The van der Waals surface area contributed by atoms with Gasteiger partial charge in [-0.1, -0.05) is 18.2 Å². The standard InChI is InChI=1S/C17H11F2NO4/c1-23-17(22)10-7-13(12(19)8-11(10)18)20-16(21)15-6-9-4-2-3-5-14(9)24-15/h2-8H,1H3,(H,20,21). The number of hydrogen-bond acceptors (Lipinski definition) is 4. The molecule has 0 unspecified atom stereocenters. The molecule has 2 aromatic carbocycles. The Morgan fingerprint density at radius 3 is 2.54 bits per heavy atom. The number of ether oxygens (including phenoxy) is 1. The zero-order valence-electron chi connectivity index (χ0n) is 12.4. The summed E-state index contributed by atoms with van der Waals surface area (Å²) in [6, 6.07) is 9.83. The van der Waals surface area contributed by atoms with E-state index in [1.807, 2.05) is 0 Å². The van der Waals surface area contributed by atoms with Crippen molar-refractivity contribution >= 4 is 28.5 Å². The van der Waals surface area contributed by atoms with E-state index in [1.54, 1.807) is 24.3 Å². The molecule has 122 valence electrons. The maximum Gasteiger partial charge on any atom is 0.340 e. The minimum absolute atomic E-state index is 0.0421. The molecule has 3 rings (SSSR count). The van der Waals surface area contributed by atoms with Crippen LogP contribution in [0, 0.1) is 11.6 Å². The minimum Gasteiger partial charge on any atom is -0.465 e. The number of hydrogen-bond donors (Lipinski definition) is 1. The van der Waals surface area contributed by atoms with Crippen LogP contribution in [-0.2, 0) is 4.74 Å². The zero-order chi connectivity index (χ0) is 17.3. The monoisotopic (exact) mass is 331 g/mol. The Kier molecular flexibility index (Phi) is 3.99. The Morgan fingerprint density at radius 1 is 1.08 bits per heavy atom. The van der Waals surface area contributed by atoms with Gasteiger partial charge in [0.2, 0.25) is 0 Å². The van der Waals surface area contributed by atoms with Gasteiger partial charge in [-0.3, -0.25) is 4.79 Å². The molecule has 0 atom stereocenters. The number of benzene rings is 2. The highest BCUT2D eigenvalue weighted by molar-refractivity contribution is 6.05. The summed E-state index contributed by atoms with van der Waals surface area (Å²) in [5, 5.41) is 2.96. The molecule has 1 amide bonds. The van der Waals surface area contributed by atoms with Crippen molar-refractivity contribution in [2.24, 2.45) is 0 Å². The number of carbonyl (C=O) groups excluding carboxylic acids is 2. The van der Waals surface area contributed by atoms with Crippen molar-refractivity contribution in [1.82, 2.24) is 0 Å². The number of rotatable bonds is 3. The van der Waals surface area contributed by atoms with Gasteiger partial charge < -0.3 is 14.5 Å². The molecule has 0 spiro atoms. The molecule has 0 radical (unpaired) electrons. The topological polar surface area (TPSA) is 68.5 Å². The number of para-hydroxylation sites is 1. The van der Waals surface area contributed by atoms with Crippen molar-refractivity contribution in [3.63, 3.8) is 0 Å². The van der Waals surface area contributed by atoms with E-state index in [0.29, 0.717) is 17.0 Å². The predicted octanol–water partition coefficient (Wildman–Crippen LogP) is 3.75. The van der Waals surface area contributed by atoms with Gasteiger partial charge in [0.1, 0.15) is 17.2 Å². The Labute approximate surface area is 134 Å². The Morgan fingerprint density at radius 2 is 1.83 bits per heavy atom. The molecular weight excluding hydrogens is 320 g/mol. The molecule has 1 aromatic heterocycles. The maximum atomic E-state index is 13.8. The van der Waals surface area contributed by atoms with Gasteiger partial charge >= 0.3 is 5.97 Å². The average Bonchev–Trinajstić information content (AvgIpc) is 3.00. The van der Waals surface area contributed by atoms with Crippen LogP contribution in [0.4, 0.5) is 14.5 Å². The number of methoxy groups -OCH3 is 1. The molecule has 0 saturated carbocycles. The average molecular weight is 331 g/mol. The van der Waals surface area contributed by atoms with Crippen LogP contribution in [0.1, 0.15) is 20.9 Å². The number of furan rings is 1. The van der Waals surface area contributed by atoms with Crippen molar-refractivity contribution < 1.29 is 27.5 Å². The summed E-state index contributed by atoms with van der Waals surface area (Å²) in [7, 11) is 1.07. The van der Waals surface area contributed by atoms with Gasteiger partial charge in [-0.25, -0.2) is 13.6 Å². The van der Waals surface area contributed by atoms with Crippen molar-refractivity contribution in [2.45, 2.75) is 0 Å². The van der Waals surface area contributed by atoms with Crippen LogP contribution in [0.15, 0.2) is 46.9 Å². The summed E-state index contributed by atoms with van der Waals surface area (Å²) in [5.74, 6) is -3.86. The fourth-order valence-corrected chi connectivity index (χ4v) is 2.19. The zero-order valence-corrected chi connectivity index (χ0v) is 12.4. The second-order valence-corrected chi connectivity index (χ2v) is 4.91. The molecule has 0 bridgehead atoms. The van der Waals surface area contributed by atoms with Crippen LogP contribution < -0.4 is 5.32 Å². The molecule has 0 saturated heterocycles. The highest BCUT2D eigenvalue weighted by Crippen LogP contribution is 2.23. The van der Waals surface area contributed by atoms with Gasteiger partial charge in [0.05, 0.1) is 18.4 Å². The Hall–Kier alpha value is -3.22. The van der Waals surface area contributed by atoms with Crippen molar-refractivity contribution in [1.29, 1.82) is 0 Å². The molecule has 24 heavy (non-hydrogen) atoms. The third-order valence-corrected chi connectivity index (χ3v) is 3.36. The van der Waals surface area contributed by atoms with Gasteiger partial charge in [0, 0.05) is 11.5 Å². The van der Waals surface area contributed by atoms with Crippen molar-refractivity contribution in [2.75, 3.05) is 12.4 Å². The lowest BCUT2D eigenvalue weighted by molar-refractivity contribution is 0.0595. The first kappa shape index (κ1) is 15.7. The summed E-state index contributed by atoms with van der Waals surface area (Å²) in [5.41, 5.74) is -0.349. The first-order chi connectivity index (χ1) is 11.5. The SMILES string of the molecule is COC(=O)c1cc(NC(=O)c2cc3ccccc3o2)c(F)cc1F. The first-order valence-corrected chi connectivity index (χ1v) is 6.87. The molecule has 0 aliphatic rings. The van der Waals surface area contributed by atoms with Gasteiger partial charge in [0.25, 0.3) is 5.91 Å². The van der Waals surface area contributed by atoms with E-state index in [0.717, 1.165) is 13.2 Å². The fourth-order valence-electron chi connectivity index (χ4n) is 2.19. The maximum absolute atomic E-state index is 13.8. The quantitative estimate of drug-likeness (QED) is 0.742. The highest BCUT2D eigenvalue weighted by Gasteiger charge is 2.19. The van der Waals surface area contributed by atoms with E-state index in [4.69, 9.17) is 4.42 Å². The molecule has 3 aromatic rings. The number of halogens is 2. The number of anilines is 1. The van der Waals surface area contributed by atoms with Crippen LogP contribution in [-0.4, -0.2) is 19.0 Å². The highest BCUT2D eigenvalue weighted by atomic mass is 19.1. The van der Waals surface area contributed by atoms with Gasteiger partial charge in [0.15, 0.2) is 5.76 Å². The molecule has 0 fully saturated rings. The Bertz CT molecular complexity index is 916. The lowest BCUT2D eigenvalue weighted by Gasteiger charge is -2.08. The Balaban J connectivity index is 1.92. The number of amides is 1. The predicted molar refractivity (Wildman–Crippen MR) is 81.9 cm³/mol. The van der Waals surface area contributed by atoms with Crippen LogP contribution >= 0.6 is 0 Å². The molecule has 1 heterocycles. The van der Waals surface area contributed by atoms with Gasteiger partial charge in [-0.05, 0) is 18.2 Å². The smallest absolute Gasteiger partial charge is 0.340 e. The molecule has 0 aliphatic carbocycles. The van der Waals surface area contributed by atoms with Gasteiger partial charge in [-0.15, -0.1) is 0 Å². The second-order valence-electron chi connectivity index (χ2n) is 4.91. The largest absolute Gasteiger partial charge is 0.465 e. The van der Waals surface area contributed by atoms with E-state index < -0.39 is 29.1 Å². The third kappa shape index (κ3) is 2.83. The minimum atomic E-state index is -1.08. The number of fused-ring (bicyclic) bond motifs is 1. The number of carbonyl (C=O) groups is 2. The normalized spacial score (nSPS) is 10.6. The summed E-state index contributed by atoms with van der Waals surface area (Å²) >= 11 is 0. The lowest BCUT2D eigenvalue weighted by Crippen LogP contribution is -2.14. The van der Waals surface area contributed by atoms with E-state index in [9.17, 15) is 18.4 Å². The molecule has 5 nitrogen and oxygen atoms in total. The summed E-state index contributed by atoms with van der Waals surface area (Å²) < 4.78 is 37.2. The number of esters is 1. The van der Waals surface area contributed by atoms with E-state index in [1.165, 1.54) is 6.07 Å². The van der Waals surface area contributed by atoms with E-state index in [-0.39, 0.29) is 11.4 Å². The first-order valence-electron chi connectivity index (χ1n) is 6.87. The van der Waals surface area contributed by atoms with Crippen LogP contribution in [0.3, 0.4) is 0 Å². The second kappa shape index (κ2) is 6.11.